The molecular formula is C14H21N5O2. The number of aromatic nitrogens is 4. The molecule has 2 N–H and O–H groups in total. The van der Waals surface area contributed by atoms with E-state index in [1.54, 1.807) is 7.05 Å². The Bertz CT molecular complexity index is 764. The molecule has 7 heteroatoms. The number of H-pyrrole nitrogens is 1. The Morgan fingerprint density at radius 2 is 1.95 bits per heavy atom. The van der Waals surface area contributed by atoms with Crippen molar-refractivity contribution >= 4 is 17.1 Å². The molecule has 7 nitrogen and oxygen atoms in total. The Kier molecular flexibility index (Phi) is 3.57. The van der Waals surface area contributed by atoms with Gasteiger partial charge < -0.3 is 10.3 Å². The molecule has 0 unspecified atom stereocenters. The average Bonchev–Trinajstić information content (AvgIpc) is 3.12. The Morgan fingerprint density at radius 3 is 2.67 bits per heavy atom. The van der Waals surface area contributed by atoms with Crippen LogP contribution in [0.5, 0.6) is 0 Å². The van der Waals surface area contributed by atoms with Crippen LogP contribution in [0.1, 0.15) is 32.1 Å². The van der Waals surface area contributed by atoms with Crippen LogP contribution in [0.25, 0.3) is 11.2 Å². The van der Waals surface area contributed by atoms with Gasteiger partial charge in [0.05, 0.1) is 0 Å². The molecule has 3 rings (SSSR count). The molecule has 0 spiro atoms. The summed E-state index contributed by atoms with van der Waals surface area (Å²) >= 11 is 0. The molecule has 2 aromatic rings. The molecule has 1 aliphatic rings. The van der Waals surface area contributed by atoms with Gasteiger partial charge >= 0.3 is 5.69 Å². The van der Waals surface area contributed by atoms with Gasteiger partial charge in [0.1, 0.15) is 0 Å². The molecule has 2 aromatic heterocycles. The normalized spacial score (nSPS) is 15.9. The second-order valence-corrected chi connectivity index (χ2v) is 5.86. The van der Waals surface area contributed by atoms with E-state index in [0.717, 1.165) is 23.5 Å². The number of nitrogens with zero attached hydrogens (tertiary/aromatic N) is 3. The number of anilines is 1. The average molecular weight is 291 g/mol. The largest absolute Gasteiger partial charge is 0.356 e. The van der Waals surface area contributed by atoms with E-state index in [-0.39, 0.29) is 11.2 Å². The lowest BCUT2D eigenvalue weighted by atomic mass is 10.0. The minimum absolute atomic E-state index is 0.343. The zero-order valence-corrected chi connectivity index (χ0v) is 12.5. The van der Waals surface area contributed by atoms with Gasteiger partial charge in [-0.3, -0.25) is 13.9 Å². The fraction of sp³-hybridized carbons (Fsp3) is 0.643. The van der Waals surface area contributed by atoms with Crippen molar-refractivity contribution in [1.29, 1.82) is 0 Å². The van der Waals surface area contributed by atoms with Crippen LogP contribution >= 0.6 is 0 Å². The smallest absolute Gasteiger partial charge is 0.332 e. The molecule has 0 atom stereocenters. The van der Waals surface area contributed by atoms with E-state index in [4.69, 9.17) is 0 Å². The van der Waals surface area contributed by atoms with Crippen molar-refractivity contribution in [3.63, 3.8) is 0 Å². The van der Waals surface area contributed by atoms with Gasteiger partial charge in [-0.1, -0.05) is 25.7 Å². The maximum atomic E-state index is 12.0. The Hall–Kier alpha value is -2.05. The third-order valence-corrected chi connectivity index (χ3v) is 4.41. The van der Waals surface area contributed by atoms with E-state index < -0.39 is 0 Å². The van der Waals surface area contributed by atoms with Crippen molar-refractivity contribution < 1.29 is 0 Å². The first-order chi connectivity index (χ1) is 10.1. The fourth-order valence-corrected chi connectivity index (χ4v) is 3.10. The molecule has 2 heterocycles. The van der Waals surface area contributed by atoms with Crippen molar-refractivity contribution in [2.45, 2.75) is 32.1 Å². The van der Waals surface area contributed by atoms with Gasteiger partial charge in [0.2, 0.25) is 5.95 Å². The zero-order valence-electron chi connectivity index (χ0n) is 12.5. The minimum Gasteiger partial charge on any atom is -0.356 e. The number of hydrogen-bond donors (Lipinski definition) is 2. The fourth-order valence-electron chi connectivity index (χ4n) is 3.10. The van der Waals surface area contributed by atoms with E-state index in [1.165, 1.54) is 37.3 Å². The summed E-state index contributed by atoms with van der Waals surface area (Å²) < 4.78 is 2.47. The van der Waals surface area contributed by atoms with E-state index in [9.17, 15) is 9.59 Å². The van der Waals surface area contributed by atoms with E-state index in [1.807, 2.05) is 0 Å². The number of imidazole rings is 1. The van der Waals surface area contributed by atoms with Crippen LogP contribution in [0.15, 0.2) is 9.59 Å². The maximum absolute atomic E-state index is 12.0. The van der Waals surface area contributed by atoms with E-state index in [0.29, 0.717) is 17.1 Å². The lowest BCUT2D eigenvalue weighted by Gasteiger charge is -2.08. The number of nitrogens with one attached hydrogen (secondary N) is 2. The van der Waals surface area contributed by atoms with Crippen molar-refractivity contribution in [2.24, 2.45) is 20.0 Å². The molecule has 0 radical (unpaired) electrons. The lowest BCUT2D eigenvalue weighted by molar-refractivity contribution is 0.518. The van der Waals surface area contributed by atoms with Crippen LogP contribution in [0.2, 0.25) is 0 Å². The van der Waals surface area contributed by atoms with Gasteiger partial charge in [0.15, 0.2) is 11.2 Å². The van der Waals surface area contributed by atoms with E-state index >= 15 is 0 Å². The molecule has 0 aliphatic heterocycles. The van der Waals surface area contributed by atoms with Gasteiger partial charge in [0.25, 0.3) is 5.56 Å². The molecule has 0 saturated heterocycles. The molecule has 0 bridgehead atoms. The summed E-state index contributed by atoms with van der Waals surface area (Å²) in [4.78, 5) is 31.2. The second-order valence-electron chi connectivity index (χ2n) is 5.86. The van der Waals surface area contributed by atoms with Crippen molar-refractivity contribution in [3.8, 4) is 0 Å². The SMILES string of the molecule is Cn1c(=O)c2[nH]c(NCCC3CCCC3)nc2n(C)c1=O. The summed E-state index contributed by atoms with van der Waals surface area (Å²) in [6.07, 6.45) is 6.43. The molecule has 0 amide bonds. The van der Waals surface area contributed by atoms with Gasteiger partial charge in [0, 0.05) is 20.6 Å². The minimum atomic E-state index is -0.364. The number of fused-ring (bicyclic) bond motifs is 1. The second kappa shape index (κ2) is 5.38. The molecule has 21 heavy (non-hydrogen) atoms. The van der Waals surface area contributed by atoms with Crippen LogP contribution in [0.3, 0.4) is 0 Å². The first-order valence-electron chi connectivity index (χ1n) is 7.47. The number of aromatic amines is 1. The van der Waals surface area contributed by atoms with Crippen LogP contribution in [-0.4, -0.2) is 25.6 Å². The summed E-state index contributed by atoms with van der Waals surface area (Å²) in [5, 5.41) is 3.22. The van der Waals surface area contributed by atoms with Crippen molar-refractivity contribution in [3.05, 3.63) is 20.8 Å². The highest BCUT2D eigenvalue weighted by Crippen LogP contribution is 2.27. The molecular weight excluding hydrogens is 270 g/mol. The number of rotatable bonds is 4. The number of aryl methyl sites for hydroxylation is 1. The van der Waals surface area contributed by atoms with E-state index in [2.05, 4.69) is 15.3 Å². The maximum Gasteiger partial charge on any atom is 0.332 e. The quantitative estimate of drug-likeness (QED) is 0.878. The summed E-state index contributed by atoms with van der Waals surface area (Å²) in [6, 6.07) is 0. The summed E-state index contributed by atoms with van der Waals surface area (Å²) in [6.45, 7) is 0.832. The van der Waals surface area contributed by atoms with Crippen LogP contribution in [-0.2, 0) is 14.1 Å². The summed E-state index contributed by atoms with van der Waals surface area (Å²) in [7, 11) is 3.09. The summed E-state index contributed by atoms with van der Waals surface area (Å²) in [5.74, 6) is 1.36. The predicted octanol–water partition coefficient (Wildman–Crippen LogP) is 0.952. The van der Waals surface area contributed by atoms with Gasteiger partial charge in [-0.25, -0.2) is 4.79 Å². The number of hydrogen-bond acceptors (Lipinski definition) is 4. The molecule has 114 valence electrons. The highest BCUT2D eigenvalue weighted by molar-refractivity contribution is 5.72. The Morgan fingerprint density at radius 1 is 1.24 bits per heavy atom. The monoisotopic (exact) mass is 291 g/mol. The lowest BCUT2D eigenvalue weighted by Crippen LogP contribution is -2.36. The Labute approximate surface area is 122 Å². The zero-order chi connectivity index (χ0) is 15.0. The Balaban J connectivity index is 1.81. The highest BCUT2D eigenvalue weighted by atomic mass is 16.2. The molecule has 1 saturated carbocycles. The molecule has 0 aromatic carbocycles. The van der Waals surface area contributed by atoms with Crippen molar-refractivity contribution in [2.75, 3.05) is 11.9 Å². The van der Waals surface area contributed by atoms with Gasteiger partial charge in [-0.2, -0.15) is 4.98 Å². The van der Waals surface area contributed by atoms with Crippen LogP contribution < -0.4 is 16.6 Å². The van der Waals surface area contributed by atoms with Gasteiger partial charge in [-0.05, 0) is 12.3 Å². The van der Waals surface area contributed by atoms with Gasteiger partial charge in [-0.15, -0.1) is 0 Å². The first kappa shape index (κ1) is 13.9. The summed E-state index contributed by atoms with van der Waals surface area (Å²) in [5.41, 5.74) is 0.0513. The third kappa shape index (κ3) is 2.48. The predicted molar refractivity (Wildman–Crippen MR) is 81.6 cm³/mol. The van der Waals surface area contributed by atoms with Crippen LogP contribution in [0.4, 0.5) is 5.95 Å². The molecule has 1 aliphatic carbocycles. The molecule has 1 fully saturated rings. The first-order valence-corrected chi connectivity index (χ1v) is 7.47. The third-order valence-electron chi connectivity index (χ3n) is 4.41. The van der Waals surface area contributed by atoms with Crippen molar-refractivity contribution in [1.82, 2.24) is 19.1 Å². The van der Waals surface area contributed by atoms with Crippen LogP contribution in [0, 0.1) is 5.92 Å². The highest BCUT2D eigenvalue weighted by Gasteiger charge is 2.16. The standard InChI is InChI=1S/C14H21N5O2/c1-18-11-10(12(20)19(2)14(18)21)16-13(17-11)15-8-7-9-5-3-4-6-9/h9H,3-8H2,1-2H3,(H2,15,16,17). The topological polar surface area (TPSA) is 84.7 Å².